The first-order valence-corrected chi connectivity index (χ1v) is 23.1. The minimum atomic E-state index is -5.59. The molecule has 2 aromatic rings. The van der Waals surface area contributed by atoms with Crippen molar-refractivity contribution in [2.45, 2.75) is 76.2 Å². The molecule has 2 aromatic heterocycles. The lowest BCUT2D eigenvalue weighted by Gasteiger charge is -2.30. The van der Waals surface area contributed by atoms with Gasteiger partial charge in [0, 0.05) is 37.2 Å². The number of nitrogen functional groups attached to an aromatic ring is 1. The van der Waals surface area contributed by atoms with Gasteiger partial charge in [0.15, 0.2) is 17.7 Å². The van der Waals surface area contributed by atoms with Gasteiger partial charge in [0.25, 0.3) is 0 Å². The number of aromatic nitrogens is 4. The summed E-state index contributed by atoms with van der Waals surface area (Å²) in [6.45, 7) is 0.479. The van der Waals surface area contributed by atoms with E-state index in [9.17, 15) is 62.7 Å². The predicted octanol–water partition coefficient (Wildman–Crippen LogP) is -1.57. The molecule has 0 bridgehead atoms. The molecule has 340 valence electrons. The second-order valence-electron chi connectivity index (χ2n) is 13.6. The van der Waals surface area contributed by atoms with Crippen LogP contribution in [0, 0.1) is 5.41 Å². The van der Waals surface area contributed by atoms with E-state index < -0.39 is 96.7 Å². The number of amides is 3. The third kappa shape index (κ3) is 16.2. The molecule has 14 N–H and O–H groups in total. The molecule has 1 saturated heterocycles. The first kappa shape index (κ1) is 51.1. The first-order chi connectivity index (χ1) is 27.8. The SMILES string of the molecule is CC(C)(COP(=O)(O)OP(=O)(O)OCC1OC(n2cnc3c(N)ncnc32)C(O)C1OP(=O)(O)O)C(O)C(=O)NCCC(=O)NCCSC(=O)C(N)CCCCNC(=O)O. The van der Waals surface area contributed by atoms with Crippen LogP contribution in [0.2, 0.25) is 0 Å². The Kier molecular flexibility index (Phi) is 19.0. The van der Waals surface area contributed by atoms with Crippen LogP contribution in [-0.2, 0) is 50.7 Å². The predicted molar refractivity (Wildman–Crippen MR) is 205 cm³/mol. The van der Waals surface area contributed by atoms with Crippen LogP contribution in [0.4, 0.5) is 10.6 Å². The van der Waals surface area contributed by atoms with Crippen molar-refractivity contribution in [2.75, 3.05) is 44.3 Å². The number of ether oxygens (including phenoxy) is 1. The molecule has 3 amide bonds. The third-order valence-corrected chi connectivity index (χ3v) is 12.4. The summed E-state index contributed by atoms with van der Waals surface area (Å²) >= 11 is 0.912. The van der Waals surface area contributed by atoms with Crippen LogP contribution >= 0.6 is 35.2 Å². The molecule has 0 aliphatic carbocycles. The molecule has 0 saturated carbocycles. The van der Waals surface area contributed by atoms with Gasteiger partial charge in [0.1, 0.15) is 36.3 Å². The molecule has 0 aromatic carbocycles. The number of carbonyl (C=O) groups excluding carboxylic acids is 3. The van der Waals surface area contributed by atoms with Gasteiger partial charge in [-0.1, -0.05) is 25.6 Å². The number of unbranched alkanes of at least 4 members (excludes halogenated alkanes) is 1. The van der Waals surface area contributed by atoms with E-state index in [0.29, 0.717) is 19.3 Å². The van der Waals surface area contributed by atoms with Gasteiger partial charge in [-0.2, -0.15) is 4.31 Å². The summed E-state index contributed by atoms with van der Waals surface area (Å²) < 4.78 is 62.1. The fourth-order valence-electron chi connectivity index (χ4n) is 5.19. The molecule has 1 aliphatic heterocycles. The van der Waals surface area contributed by atoms with Crippen LogP contribution in [0.5, 0.6) is 0 Å². The number of phosphoric ester groups is 3. The Morgan fingerprint density at radius 3 is 2.35 bits per heavy atom. The number of anilines is 1. The summed E-state index contributed by atoms with van der Waals surface area (Å²) in [4.78, 5) is 98.3. The number of nitrogens with zero attached hydrogens (tertiary/aromatic N) is 4. The maximum absolute atomic E-state index is 12.7. The number of thioether (sulfide) groups is 1. The number of carbonyl (C=O) groups is 4. The Bertz CT molecular complexity index is 1960. The zero-order valence-corrected chi connectivity index (χ0v) is 35.4. The topological polar surface area (TPSA) is 439 Å². The molecule has 60 heavy (non-hydrogen) atoms. The van der Waals surface area contributed by atoms with Crippen molar-refractivity contribution in [3.8, 4) is 0 Å². The summed E-state index contributed by atoms with van der Waals surface area (Å²) in [7, 11) is -16.5. The van der Waals surface area contributed by atoms with Gasteiger partial charge in [-0.25, -0.2) is 33.4 Å². The summed E-state index contributed by atoms with van der Waals surface area (Å²) in [6.07, 6.45) is -6.83. The Morgan fingerprint density at radius 1 is 1.00 bits per heavy atom. The van der Waals surface area contributed by atoms with Crippen molar-refractivity contribution >= 4 is 75.2 Å². The third-order valence-electron chi connectivity index (χ3n) is 8.27. The minimum absolute atomic E-state index is 0.0191. The summed E-state index contributed by atoms with van der Waals surface area (Å²) in [5.41, 5.74) is 10.0. The molecule has 3 rings (SSSR count). The maximum atomic E-state index is 12.7. The second-order valence-corrected chi connectivity index (χ2v) is 18.9. The van der Waals surface area contributed by atoms with Gasteiger partial charge < -0.3 is 67.0 Å². The molecule has 1 fully saturated rings. The maximum Gasteiger partial charge on any atom is 0.481 e. The summed E-state index contributed by atoms with van der Waals surface area (Å²) in [5, 5.41) is 36.8. The molecule has 0 radical (unpaired) electrons. The standard InChI is InChI=1S/C28H48N9O19P3S/c1-28(2,21(40)24(41)32-8-6-17(38)31-9-10-60-26(42)15(29)5-3-4-7-33-27(43)44)12-53-59(50,51)56-58(48,49)52-11-16-20(55-57(45,46)47)19(39)25(54-16)37-14-36-18-22(30)34-13-35-23(18)37/h13-16,19-21,25,33,39-40H,3-12,29H2,1-2H3,(H,31,38)(H,32,41)(H,43,44)(H,48,49)(H,50,51)(H2,30,34,35)(H2,45,46,47). The molecular formula is C28H48N9O19P3S. The Hall–Kier alpha value is -3.21. The van der Waals surface area contributed by atoms with Gasteiger partial charge in [0.05, 0.1) is 25.6 Å². The number of rotatable bonds is 25. The molecular weight excluding hydrogens is 891 g/mol. The highest BCUT2D eigenvalue weighted by Gasteiger charge is 2.50. The van der Waals surface area contributed by atoms with Crippen LogP contribution in [0.15, 0.2) is 12.7 Å². The zero-order chi connectivity index (χ0) is 45.1. The second kappa shape index (κ2) is 22.2. The van der Waals surface area contributed by atoms with Crippen molar-refractivity contribution in [2.24, 2.45) is 11.1 Å². The number of aliphatic hydroxyl groups excluding tert-OH is 2. The monoisotopic (exact) mass is 939 g/mol. The van der Waals surface area contributed by atoms with E-state index in [-0.39, 0.29) is 53.9 Å². The number of phosphoric acid groups is 3. The zero-order valence-electron chi connectivity index (χ0n) is 31.9. The number of hydrogen-bond donors (Lipinski definition) is 12. The number of nitrogens with one attached hydrogen (secondary N) is 3. The van der Waals surface area contributed by atoms with Crippen molar-refractivity contribution in [1.29, 1.82) is 0 Å². The van der Waals surface area contributed by atoms with E-state index in [1.165, 1.54) is 13.8 Å². The number of imidazole rings is 1. The average molecular weight is 940 g/mol. The normalized spacial score (nSPS) is 21.4. The largest absolute Gasteiger partial charge is 0.481 e. The van der Waals surface area contributed by atoms with Crippen LogP contribution in [0.3, 0.4) is 0 Å². The Morgan fingerprint density at radius 2 is 1.68 bits per heavy atom. The lowest BCUT2D eigenvalue weighted by atomic mass is 9.87. The number of aliphatic hydroxyl groups is 2. The highest BCUT2D eigenvalue weighted by molar-refractivity contribution is 8.13. The number of hydrogen-bond acceptors (Lipinski definition) is 20. The highest BCUT2D eigenvalue weighted by atomic mass is 32.2. The Balaban J connectivity index is 1.43. The average Bonchev–Trinajstić information content (AvgIpc) is 3.70. The fourth-order valence-corrected chi connectivity index (χ4v) is 8.76. The fraction of sp³-hybridized carbons (Fsp3) is 0.679. The molecule has 1 aliphatic rings. The van der Waals surface area contributed by atoms with Crippen LogP contribution in [0.1, 0.15) is 45.8 Å². The lowest BCUT2D eigenvalue weighted by Crippen LogP contribution is -2.46. The van der Waals surface area contributed by atoms with Crippen molar-refractivity contribution < 1.29 is 90.4 Å². The molecule has 8 unspecified atom stereocenters. The first-order valence-electron chi connectivity index (χ1n) is 17.6. The minimum Gasteiger partial charge on any atom is -0.465 e. The van der Waals surface area contributed by atoms with Gasteiger partial charge >= 0.3 is 29.6 Å². The molecule has 3 heterocycles. The summed E-state index contributed by atoms with van der Waals surface area (Å²) in [5.74, 6) is -1.36. The van der Waals surface area contributed by atoms with E-state index in [1.54, 1.807) is 0 Å². The molecule has 28 nitrogen and oxygen atoms in total. The quantitative estimate of drug-likeness (QED) is 0.0395. The smallest absolute Gasteiger partial charge is 0.465 e. The molecule has 32 heteroatoms. The number of carboxylic acid groups (broad SMARTS) is 1. The lowest BCUT2D eigenvalue weighted by molar-refractivity contribution is -0.137. The van der Waals surface area contributed by atoms with Crippen molar-refractivity contribution in [3.63, 3.8) is 0 Å². The van der Waals surface area contributed by atoms with Crippen LogP contribution in [0.25, 0.3) is 11.2 Å². The van der Waals surface area contributed by atoms with Gasteiger partial charge in [-0.05, 0) is 19.3 Å². The molecule has 8 atom stereocenters. The van der Waals surface area contributed by atoms with Crippen LogP contribution in [-0.4, -0.2) is 146 Å². The van der Waals surface area contributed by atoms with E-state index in [1.807, 2.05) is 0 Å². The van der Waals surface area contributed by atoms with E-state index in [4.69, 9.17) is 30.4 Å². The van der Waals surface area contributed by atoms with Gasteiger partial charge in [-0.3, -0.25) is 32.5 Å². The van der Waals surface area contributed by atoms with E-state index in [0.717, 1.165) is 29.0 Å². The van der Waals surface area contributed by atoms with Crippen LogP contribution < -0.4 is 27.4 Å². The number of nitrogens with two attached hydrogens (primary N) is 2. The highest BCUT2D eigenvalue weighted by Crippen LogP contribution is 2.61. The van der Waals surface area contributed by atoms with Gasteiger partial charge in [0.2, 0.25) is 16.9 Å². The van der Waals surface area contributed by atoms with Crippen molar-refractivity contribution in [1.82, 2.24) is 35.5 Å². The summed E-state index contributed by atoms with van der Waals surface area (Å²) in [6, 6.07) is -0.757. The number of fused-ring (bicyclic) bond motifs is 1. The van der Waals surface area contributed by atoms with Gasteiger partial charge in [-0.15, -0.1) is 0 Å². The van der Waals surface area contributed by atoms with Crippen molar-refractivity contribution in [3.05, 3.63) is 12.7 Å². The molecule has 0 spiro atoms. The van der Waals surface area contributed by atoms with E-state index >= 15 is 0 Å². The Labute approximate surface area is 344 Å². The van der Waals surface area contributed by atoms with E-state index in [2.05, 4.69) is 39.7 Å².